The lowest BCUT2D eigenvalue weighted by Crippen LogP contribution is -2.54. The van der Waals surface area contributed by atoms with Crippen LogP contribution in [0.25, 0.3) is 0 Å². The monoisotopic (exact) mass is 228 g/mol. The minimum Gasteiger partial charge on any atom is -0.388 e. The first-order chi connectivity index (χ1) is 7.62. The van der Waals surface area contributed by atoms with Crippen LogP contribution in [0.5, 0.6) is 0 Å². The summed E-state index contributed by atoms with van der Waals surface area (Å²) in [5.74, 6) is 0. The van der Waals surface area contributed by atoms with Crippen LogP contribution in [0.3, 0.4) is 0 Å². The van der Waals surface area contributed by atoms with Crippen molar-refractivity contribution < 1.29 is 5.11 Å². The van der Waals surface area contributed by atoms with Gasteiger partial charge in [0.05, 0.1) is 5.60 Å². The normalized spacial score (nSPS) is 30.9. The summed E-state index contributed by atoms with van der Waals surface area (Å²) < 4.78 is 0. The topological polar surface area (TPSA) is 26.7 Å². The number of hydrogen-bond acceptors (Lipinski definition) is 3. The van der Waals surface area contributed by atoms with Gasteiger partial charge in [0, 0.05) is 19.1 Å². The van der Waals surface area contributed by atoms with Crippen molar-refractivity contribution in [2.45, 2.75) is 51.2 Å². The lowest BCUT2D eigenvalue weighted by molar-refractivity contribution is -0.0671. The number of likely N-dealkylation sites (N-methyl/N-ethyl adjacent to an activating group) is 1. The molecule has 2 aliphatic rings. The number of rotatable bonds is 1. The third-order valence-electron chi connectivity index (χ3n) is 3.99. The van der Waals surface area contributed by atoms with E-state index in [0.717, 1.165) is 32.5 Å². The van der Waals surface area contributed by atoms with E-state index in [2.05, 4.69) is 23.9 Å². The average molecular weight is 228 g/mol. The Labute approximate surface area is 100 Å². The van der Waals surface area contributed by atoms with Gasteiger partial charge in [0.25, 0.3) is 0 Å². The molecule has 16 heavy (non-hydrogen) atoms. The van der Waals surface area contributed by atoms with Crippen LogP contribution in [0.15, 0.2) is 0 Å². The summed E-state index contributed by atoms with van der Waals surface area (Å²) in [5.41, 5.74) is -0.405. The maximum atomic E-state index is 10.6. The second kappa shape index (κ2) is 5.99. The zero-order valence-electron chi connectivity index (χ0n) is 11.4. The summed E-state index contributed by atoms with van der Waals surface area (Å²) in [6, 6.07) is 0.413. The molecule has 0 aromatic carbocycles. The molecule has 0 aliphatic carbocycles. The van der Waals surface area contributed by atoms with Crippen molar-refractivity contribution >= 4 is 0 Å². The third-order valence-corrected chi connectivity index (χ3v) is 3.99. The summed E-state index contributed by atoms with van der Waals surface area (Å²) >= 11 is 0. The molecular formula is C13H28N2O. The van der Waals surface area contributed by atoms with Gasteiger partial charge in [-0.25, -0.2) is 0 Å². The fourth-order valence-corrected chi connectivity index (χ4v) is 2.93. The molecule has 0 radical (unpaired) electrons. The molecule has 1 N–H and O–H groups in total. The number of piperidine rings is 1. The summed E-state index contributed by atoms with van der Waals surface area (Å²) in [4.78, 5) is 4.65. The minimum atomic E-state index is -0.405. The maximum absolute atomic E-state index is 10.6. The van der Waals surface area contributed by atoms with Gasteiger partial charge < -0.3 is 14.9 Å². The van der Waals surface area contributed by atoms with Crippen LogP contribution in [-0.2, 0) is 0 Å². The third kappa shape index (κ3) is 2.96. The van der Waals surface area contributed by atoms with Crippen LogP contribution in [0.4, 0.5) is 0 Å². The zero-order valence-corrected chi connectivity index (χ0v) is 11.4. The summed E-state index contributed by atoms with van der Waals surface area (Å²) in [6.07, 6.45) is 4.31. The molecule has 2 saturated heterocycles. The molecule has 96 valence electrons. The van der Waals surface area contributed by atoms with Gasteiger partial charge in [-0.1, -0.05) is 13.8 Å². The van der Waals surface area contributed by atoms with Gasteiger partial charge in [0.15, 0.2) is 0 Å². The van der Waals surface area contributed by atoms with Gasteiger partial charge in [-0.3, -0.25) is 0 Å². The fourth-order valence-electron chi connectivity index (χ4n) is 2.93. The second-order valence-electron chi connectivity index (χ2n) is 5.05. The summed E-state index contributed by atoms with van der Waals surface area (Å²) in [7, 11) is 4.28. The van der Waals surface area contributed by atoms with E-state index in [-0.39, 0.29) is 0 Å². The van der Waals surface area contributed by atoms with Crippen LogP contribution >= 0.6 is 0 Å². The quantitative estimate of drug-likeness (QED) is 0.738. The first-order valence-corrected chi connectivity index (χ1v) is 6.73. The van der Waals surface area contributed by atoms with Crippen molar-refractivity contribution in [1.82, 2.24) is 9.80 Å². The SMILES string of the molecule is CC.CN1CCC(O)(C2CCCN2C)CC1. The van der Waals surface area contributed by atoms with Gasteiger partial charge in [0.1, 0.15) is 0 Å². The standard InChI is InChI=1S/C11H22N2O.C2H6/c1-12-8-5-11(14,6-9-12)10-4-3-7-13(10)2;1-2/h10,14H,3-9H2,1-2H3;1-2H3. The molecule has 1 unspecified atom stereocenters. The molecule has 0 aromatic rings. The number of nitrogens with zero attached hydrogens (tertiary/aromatic N) is 2. The lowest BCUT2D eigenvalue weighted by atomic mass is 9.83. The van der Waals surface area contributed by atoms with Crippen LogP contribution in [0.1, 0.15) is 39.5 Å². The molecule has 2 fully saturated rings. The van der Waals surface area contributed by atoms with Crippen molar-refractivity contribution in [3.05, 3.63) is 0 Å². The van der Waals surface area contributed by atoms with E-state index in [1.807, 2.05) is 13.8 Å². The van der Waals surface area contributed by atoms with Crippen LogP contribution in [-0.4, -0.2) is 60.3 Å². The number of aliphatic hydroxyl groups is 1. The van der Waals surface area contributed by atoms with Crippen LogP contribution in [0, 0.1) is 0 Å². The van der Waals surface area contributed by atoms with Crippen molar-refractivity contribution in [3.8, 4) is 0 Å². The number of likely N-dealkylation sites (tertiary alicyclic amines) is 2. The Morgan fingerprint density at radius 1 is 1.06 bits per heavy atom. The number of hydrogen-bond donors (Lipinski definition) is 1. The van der Waals surface area contributed by atoms with Gasteiger partial charge in [-0.05, 0) is 46.3 Å². The van der Waals surface area contributed by atoms with Crippen molar-refractivity contribution in [2.75, 3.05) is 33.7 Å². The van der Waals surface area contributed by atoms with E-state index in [9.17, 15) is 5.11 Å². The highest BCUT2D eigenvalue weighted by atomic mass is 16.3. The molecule has 1 atom stereocenters. The lowest BCUT2D eigenvalue weighted by Gasteiger charge is -2.43. The molecule has 2 rings (SSSR count). The predicted octanol–water partition coefficient (Wildman–Crippen LogP) is 1.56. The van der Waals surface area contributed by atoms with Crippen molar-refractivity contribution in [3.63, 3.8) is 0 Å². The van der Waals surface area contributed by atoms with Gasteiger partial charge in [-0.15, -0.1) is 0 Å². The Bertz CT molecular complexity index is 200. The van der Waals surface area contributed by atoms with Crippen molar-refractivity contribution in [1.29, 1.82) is 0 Å². The van der Waals surface area contributed by atoms with Crippen LogP contribution < -0.4 is 0 Å². The highest BCUT2D eigenvalue weighted by Crippen LogP contribution is 2.33. The molecule has 2 heterocycles. The van der Waals surface area contributed by atoms with E-state index in [1.165, 1.54) is 12.8 Å². The van der Waals surface area contributed by atoms with E-state index < -0.39 is 5.60 Å². The van der Waals surface area contributed by atoms with E-state index in [1.54, 1.807) is 0 Å². The fraction of sp³-hybridized carbons (Fsp3) is 1.00. The molecule has 0 saturated carbocycles. The minimum absolute atomic E-state index is 0.405. The Kier molecular flexibility index (Phi) is 5.22. The summed E-state index contributed by atoms with van der Waals surface area (Å²) in [6.45, 7) is 7.24. The Hall–Kier alpha value is -0.120. The maximum Gasteiger partial charge on any atom is 0.0826 e. The van der Waals surface area contributed by atoms with E-state index in [0.29, 0.717) is 6.04 Å². The highest BCUT2D eigenvalue weighted by molar-refractivity contribution is 4.98. The molecule has 0 aromatic heterocycles. The summed E-state index contributed by atoms with van der Waals surface area (Å²) in [5, 5.41) is 10.6. The van der Waals surface area contributed by atoms with E-state index >= 15 is 0 Å². The molecule has 0 spiro atoms. The Balaban J connectivity index is 0.000000606. The molecule has 2 aliphatic heterocycles. The molecular weight excluding hydrogens is 200 g/mol. The van der Waals surface area contributed by atoms with Gasteiger partial charge >= 0.3 is 0 Å². The van der Waals surface area contributed by atoms with Gasteiger partial charge in [-0.2, -0.15) is 0 Å². The van der Waals surface area contributed by atoms with Crippen LogP contribution in [0.2, 0.25) is 0 Å². The largest absolute Gasteiger partial charge is 0.388 e. The first kappa shape index (κ1) is 13.9. The molecule has 0 bridgehead atoms. The predicted molar refractivity (Wildman–Crippen MR) is 68.7 cm³/mol. The average Bonchev–Trinajstić information content (AvgIpc) is 2.73. The van der Waals surface area contributed by atoms with Crippen molar-refractivity contribution in [2.24, 2.45) is 0 Å². The smallest absolute Gasteiger partial charge is 0.0826 e. The van der Waals surface area contributed by atoms with E-state index in [4.69, 9.17) is 0 Å². The second-order valence-corrected chi connectivity index (χ2v) is 5.05. The molecule has 0 amide bonds. The Morgan fingerprint density at radius 2 is 1.62 bits per heavy atom. The Morgan fingerprint density at radius 3 is 2.06 bits per heavy atom. The van der Waals surface area contributed by atoms with Gasteiger partial charge in [0.2, 0.25) is 0 Å². The zero-order chi connectivity index (χ0) is 12.2. The first-order valence-electron chi connectivity index (χ1n) is 6.73. The molecule has 3 heteroatoms. The highest BCUT2D eigenvalue weighted by Gasteiger charge is 2.42. The molecule has 3 nitrogen and oxygen atoms in total.